The summed E-state index contributed by atoms with van der Waals surface area (Å²) in [6.45, 7) is 2.66. The number of benzene rings is 2. The van der Waals surface area contributed by atoms with Crippen molar-refractivity contribution in [3.8, 4) is 0 Å². The third-order valence-electron chi connectivity index (χ3n) is 5.51. The molecule has 0 aliphatic carbocycles. The number of aliphatic hydroxyl groups is 1. The van der Waals surface area contributed by atoms with Gasteiger partial charge in [0, 0.05) is 40.8 Å². The van der Waals surface area contributed by atoms with Crippen molar-refractivity contribution >= 4 is 50.8 Å². The first-order chi connectivity index (χ1) is 16.1. The van der Waals surface area contributed by atoms with E-state index < -0.39 is 6.10 Å². The van der Waals surface area contributed by atoms with E-state index in [0.717, 1.165) is 27.3 Å². The zero-order chi connectivity index (χ0) is 22.8. The van der Waals surface area contributed by atoms with Gasteiger partial charge in [-0.15, -0.1) is 11.3 Å². The molecule has 2 aromatic carbocycles. The number of hydrogen-bond donors (Lipinski definition) is 2. The average Bonchev–Trinajstić information content (AvgIpc) is 3.54. The van der Waals surface area contributed by atoms with Crippen LogP contribution in [0.3, 0.4) is 0 Å². The van der Waals surface area contributed by atoms with E-state index >= 15 is 0 Å². The number of carbonyl (C=O) groups is 1. The lowest BCUT2D eigenvalue weighted by Gasteiger charge is -2.13. The van der Waals surface area contributed by atoms with Crippen LogP contribution < -0.4 is 10.3 Å². The van der Waals surface area contributed by atoms with Crippen molar-refractivity contribution in [2.75, 3.05) is 16.9 Å². The summed E-state index contributed by atoms with van der Waals surface area (Å²) in [4.78, 5) is 17.3. The Balaban J connectivity index is 1.41. The molecule has 5 rings (SSSR count). The molecule has 0 spiro atoms. The molecule has 2 aromatic heterocycles. The van der Waals surface area contributed by atoms with E-state index in [1.54, 1.807) is 6.20 Å². The van der Waals surface area contributed by atoms with Gasteiger partial charge < -0.3 is 15.0 Å². The Kier molecular flexibility index (Phi) is 5.77. The van der Waals surface area contributed by atoms with E-state index in [2.05, 4.69) is 15.4 Å². The Morgan fingerprint density at radius 3 is 2.73 bits per heavy atom. The monoisotopic (exact) mass is 457 g/mol. The summed E-state index contributed by atoms with van der Waals surface area (Å²) in [6.07, 6.45) is 5.00. The number of nitrogens with zero attached hydrogens (tertiary/aromatic N) is 4. The quantitative estimate of drug-likeness (QED) is 0.404. The molecule has 33 heavy (non-hydrogen) atoms. The molecule has 1 atom stereocenters. The van der Waals surface area contributed by atoms with Gasteiger partial charge in [0.2, 0.25) is 0 Å². The van der Waals surface area contributed by atoms with Gasteiger partial charge in [0.25, 0.3) is 5.91 Å². The van der Waals surface area contributed by atoms with E-state index in [9.17, 15) is 9.90 Å². The van der Waals surface area contributed by atoms with Crippen molar-refractivity contribution in [1.82, 2.24) is 9.55 Å². The Morgan fingerprint density at radius 2 is 1.94 bits per heavy atom. The second-order valence-corrected chi connectivity index (χ2v) is 8.72. The minimum atomic E-state index is -0.602. The van der Waals surface area contributed by atoms with E-state index in [0.29, 0.717) is 24.4 Å². The van der Waals surface area contributed by atoms with Crippen LogP contribution >= 0.6 is 11.3 Å². The lowest BCUT2D eigenvalue weighted by atomic mass is 10.1. The number of anilines is 2. The van der Waals surface area contributed by atoms with E-state index in [1.807, 2.05) is 83.7 Å². The lowest BCUT2D eigenvalue weighted by molar-refractivity contribution is -0.114. The highest BCUT2D eigenvalue weighted by Crippen LogP contribution is 2.28. The van der Waals surface area contributed by atoms with Gasteiger partial charge in [0.15, 0.2) is 5.13 Å². The molecule has 0 radical (unpaired) electrons. The third kappa shape index (κ3) is 4.30. The molecule has 2 N–H and O–H groups in total. The van der Waals surface area contributed by atoms with E-state index in [1.165, 1.54) is 16.3 Å². The molecular weight excluding hydrogens is 434 g/mol. The summed E-state index contributed by atoms with van der Waals surface area (Å²) in [7, 11) is 0. The molecule has 166 valence electrons. The molecule has 1 amide bonds. The molecule has 1 aliphatic heterocycles. The maximum atomic E-state index is 13.1. The second kappa shape index (κ2) is 9.01. The van der Waals surface area contributed by atoms with Gasteiger partial charge in [0.05, 0.1) is 29.6 Å². The van der Waals surface area contributed by atoms with E-state index in [4.69, 9.17) is 0 Å². The molecule has 8 heteroatoms. The molecule has 0 bridgehead atoms. The molecule has 1 aliphatic rings. The summed E-state index contributed by atoms with van der Waals surface area (Å²) in [5.41, 5.74) is 3.89. The fourth-order valence-electron chi connectivity index (χ4n) is 3.93. The molecule has 0 fully saturated rings. The number of amides is 1. The number of aliphatic hydroxyl groups excluding tert-OH is 1. The zero-order valence-corrected chi connectivity index (χ0v) is 18.9. The normalized spacial score (nSPS) is 15.9. The number of nitrogens with one attached hydrogen (secondary N) is 1. The van der Waals surface area contributed by atoms with Crippen molar-refractivity contribution in [3.63, 3.8) is 0 Å². The van der Waals surface area contributed by atoms with Crippen LogP contribution in [0.1, 0.15) is 12.5 Å². The molecule has 0 saturated carbocycles. The molecule has 0 saturated heterocycles. The molecule has 7 nitrogen and oxygen atoms in total. The first-order valence-electron chi connectivity index (χ1n) is 10.7. The summed E-state index contributed by atoms with van der Waals surface area (Å²) < 4.78 is 2.02. The summed E-state index contributed by atoms with van der Waals surface area (Å²) in [5, 5.41) is 23.4. The minimum Gasteiger partial charge on any atom is -0.389 e. The van der Waals surface area contributed by atoms with Gasteiger partial charge in [-0.2, -0.15) is 10.1 Å². The Morgan fingerprint density at radius 1 is 1.15 bits per heavy atom. The van der Waals surface area contributed by atoms with Gasteiger partial charge in [-0.3, -0.25) is 4.79 Å². The molecule has 4 aromatic rings. The maximum Gasteiger partial charge on any atom is 0.280 e. The number of rotatable bonds is 7. The van der Waals surface area contributed by atoms with Crippen LogP contribution in [0.25, 0.3) is 17.0 Å². The van der Waals surface area contributed by atoms with Crippen molar-refractivity contribution in [2.24, 2.45) is 5.10 Å². The molecule has 1 unspecified atom stereocenters. The first kappa shape index (κ1) is 21.1. The van der Waals surface area contributed by atoms with Crippen LogP contribution in [0.5, 0.6) is 0 Å². The van der Waals surface area contributed by atoms with Crippen molar-refractivity contribution in [3.05, 3.63) is 83.5 Å². The zero-order valence-electron chi connectivity index (χ0n) is 18.0. The highest BCUT2D eigenvalue weighted by Gasteiger charge is 2.29. The number of para-hydroxylation sites is 2. The number of hydrazone groups is 1. The summed E-state index contributed by atoms with van der Waals surface area (Å²) in [5.74, 6) is -0.150. The largest absolute Gasteiger partial charge is 0.389 e. The summed E-state index contributed by atoms with van der Waals surface area (Å²) in [6, 6.07) is 17.4. The number of aromatic nitrogens is 2. The highest BCUT2D eigenvalue weighted by atomic mass is 32.1. The van der Waals surface area contributed by atoms with Crippen LogP contribution in [0.2, 0.25) is 0 Å². The number of thiazole rings is 1. The van der Waals surface area contributed by atoms with Crippen molar-refractivity contribution < 1.29 is 9.90 Å². The Hall–Kier alpha value is -3.75. The van der Waals surface area contributed by atoms with Gasteiger partial charge in [-0.1, -0.05) is 36.4 Å². The predicted molar refractivity (Wildman–Crippen MR) is 134 cm³/mol. The van der Waals surface area contributed by atoms with E-state index in [-0.39, 0.29) is 5.91 Å². The standard InChI is InChI=1S/C25H23N5O2S/c1-17-22(24(32)30(28-17)19-7-3-2-4-8-19)13-18-15-29(23-10-6-5-9-21(18)23)16-20(31)14-27-25-26-11-12-33-25/h2-13,15,20,31H,14,16H2,1H3,(H,26,27). The number of fused-ring (bicyclic) bond motifs is 1. The van der Waals surface area contributed by atoms with Crippen LogP contribution in [0.15, 0.2) is 83.0 Å². The second-order valence-electron chi connectivity index (χ2n) is 7.82. The van der Waals surface area contributed by atoms with Crippen molar-refractivity contribution in [1.29, 1.82) is 0 Å². The minimum absolute atomic E-state index is 0.150. The fourth-order valence-corrected chi connectivity index (χ4v) is 4.47. The van der Waals surface area contributed by atoms with Crippen LogP contribution in [0, 0.1) is 0 Å². The Labute approximate surface area is 195 Å². The topological polar surface area (TPSA) is 82.8 Å². The average molecular weight is 458 g/mol. The smallest absolute Gasteiger partial charge is 0.280 e. The highest BCUT2D eigenvalue weighted by molar-refractivity contribution is 7.13. The summed E-state index contributed by atoms with van der Waals surface area (Å²) >= 11 is 1.50. The molecule has 3 heterocycles. The third-order valence-corrected chi connectivity index (χ3v) is 6.24. The predicted octanol–water partition coefficient (Wildman–Crippen LogP) is 4.38. The fraction of sp³-hybridized carbons (Fsp3) is 0.160. The number of carbonyl (C=O) groups excluding carboxylic acids is 1. The Bertz CT molecular complexity index is 1340. The van der Waals surface area contributed by atoms with Crippen LogP contribution in [-0.2, 0) is 11.3 Å². The van der Waals surface area contributed by atoms with Gasteiger partial charge in [0.1, 0.15) is 0 Å². The maximum absolute atomic E-state index is 13.1. The van der Waals surface area contributed by atoms with Crippen LogP contribution in [-0.4, -0.2) is 38.9 Å². The van der Waals surface area contributed by atoms with Gasteiger partial charge in [-0.25, -0.2) is 4.98 Å². The number of hydrogen-bond acceptors (Lipinski definition) is 6. The van der Waals surface area contributed by atoms with Crippen LogP contribution in [0.4, 0.5) is 10.8 Å². The van der Waals surface area contributed by atoms with Crippen molar-refractivity contribution in [2.45, 2.75) is 19.6 Å². The lowest BCUT2D eigenvalue weighted by Crippen LogP contribution is -2.24. The SMILES string of the molecule is CC1=NN(c2ccccc2)C(=O)C1=Cc1cn(CC(O)CNc2nccs2)c2ccccc12. The van der Waals surface area contributed by atoms with Gasteiger partial charge >= 0.3 is 0 Å². The van der Waals surface area contributed by atoms with Gasteiger partial charge in [-0.05, 0) is 31.2 Å². The molecular formula is C25H23N5O2S. The first-order valence-corrected chi connectivity index (χ1v) is 11.5.